The molecule has 0 saturated carbocycles. The second-order valence-electron chi connectivity index (χ2n) is 16.9. The zero-order chi connectivity index (χ0) is 47.9. The van der Waals surface area contributed by atoms with Crippen molar-refractivity contribution in [1.82, 2.24) is 24.5 Å². The van der Waals surface area contributed by atoms with Gasteiger partial charge in [-0.15, -0.1) is 0 Å². The van der Waals surface area contributed by atoms with Crippen LogP contribution in [0.4, 0.5) is 11.4 Å². The smallest absolute Gasteiger partial charge is 0.145 e. The molecule has 10 aromatic rings. The summed E-state index contributed by atoms with van der Waals surface area (Å²) in [6, 6.07) is 70.9. The lowest BCUT2D eigenvalue weighted by Crippen LogP contribution is -2.01. The Morgan fingerprint density at radius 3 is 1.57 bits per heavy atom. The maximum atomic E-state index is 4.82. The largest absolute Gasteiger partial charge is 0.292 e. The van der Waals surface area contributed by atoms with Crippen molar-refractivity contribution < 1.29 is 0 Å². The molecule has 0 bridgehead atoms. The summed E-state index contributed by atoms with van der Waals surface area (Å²) in [4.78, 5) is 29.2. The molecule has 0 spiro atoms. The SMILES string of the molecule is C.C.C.C.C.C1=CCC(C2=Nc3ccccc3C2)=C1.C1=CN=C(c2ccccc2)C1.c1ccc(-c2nc3ccccc3n2-c2ccccc2)cc1.c1ccc2c(c1)CC(c1cccc3ccccc13)=N2.c1ncncn1. The monoisotopic (exact) mass is 999 g/mol. The minimum atomic E-state index is 0. The van der Waals surface area contributed by atoms with E-state index in [1.807, 2.05) is 66.9 Å². The van der Waals surface area contributed by atoms with Gasteiger partial charge in [-0.25, -0.2) is 19.9 Å². The van der Waals surface area contributed by atoms with Gasteiger partial charge in [0, 0.05) is 48.0 Å². The molecule has 0 N–H and O–H groups in total. The van der Waals surface area contributed by atoms with Crippen LogP contribution in [0.2, 0.25) is 0 Å². The Balaban J connectivity index is 0.000000180. The minimum Gasteiger partial charge on any atom is -0.292 e. The Kier molecular flexibility index (Phi) is 21.9. The minimum absolute atomic E-state index is 0. The van der Waals surface area contributed by atoms with Crippen LogP contribution in [0.3, 0.4) is 0 Å². The zero-order valence-electron chi connectivity index (χ0n) is 39.2. The highest BCUT2D eigenvalue weighted by molar-refractivity contribution is 6.14. The number of allylic oxidation sites excluding steroid dienone is 5. The first-order valence-corrected chi connectivity index (χ1v) is 23.8. The Morgan fingerprint density at radius 2 is 0.961 bits per heavy atom. The van der Waals surface area contributed by atoms with Crippen LogP contribution < -0.4 is 0 Å². The van der Waals surface area contributed by atoms with Crippen molar-refractivity contribution in [2.45, 2.75) is 62.8 Å². The molecule has 5 heterocycles. The Morgan fingerprint density at radius 1 is 0.421 bits per heavy atom. The van der Waals surface area contributed by atoms with Gasteiger partial charge in [-0.3, -0.25) is 19.5 Å². The van der Waals surface area contributed by atoms with Gasteiger partial charge in [-0.1, -0.05) is 231 Å². The molecule has 0 unspecified atom stereocenters. The van der Waals surface area contributed by atoms with E-state index in [-0.39, 0.29) is 37.1 Å². The second-order valence-corrected chi connectivity index (χ2v) is 16.9. The lowest BCUT2D eigenvalue weighted by atomic mass is 9.98. The van der Waals surface area contributed by atoms with Crippen molar-refractivity contribution in [3.05, 3.63) is 284 Å². The van der Waals surface area contributed by atoms with E-state index in [0.29, 0.717) is 0 Å². The third-order valence-electron chi connectivity index (χ3n) is 12.2. The molecule has 8 nitrogen and oxygen atoms in total. The molecule has 1 aliphatic carbocycles. The second kappa shape index (κ2) is 28.8. The number of imidazole rings is 1. The predicted molar refractivity (Wildman–Crippen MR) is 326 cm³/mol. The van der Waals surface area contributed by atoms with Gasteiger partial charge in [0.2, 0.25) is 0 Å². The number of nitrogens with zero attached hydrogens (tertiary/aromatic N) is 8. The first-order valence-electron chi connectivity index (χ1n) is 23.8. The van der Waals surface area contributed by atoms with Gasteiger partial charge in [0.05, 0.1) is 33.8 Å². The van der Waals surface area contributed by atoms with Crippen LogP contribution in [0.25, 0.3) is 38.9 Å². The van der Waals surface area contributed by atoms with Gasteiger partial charge < -0.3 is 0 Å². The average Bonchev–Trinajstić information content (AvgIpc) is 4.33. The van der Waals surface area contributed by atoms with E-state index in [1.54, 1.807) is 0 Å². The summed E-state index contributed by atoms with van der Waals surface area (Å²) in [6.45, 7) is 0. The number of fused-ring (bicyclic) bond motifs is 4. The summed E-state index contributed by atoms with van der Waals surface area (Å²) in [5, 5.41) is 2.57. The van der Waals surface area contributed by atoms with Gasteiger partial charge in [0.1, 0.15) is 24.8 Å². The van der Waals surface area contributed by atoms with Crippen LogP contribution in [0.1, 0.15) is 72.2 Å². The van der Waals surface area contributed by atoms with Crippen molar-refractivity contribution in [1.29, 1.82) is 0 Å². The van der Waals surface area contributed by atoms with Gasteiger partial charge in [-0.05, 0) is 75.9 Å². The highest BCUT2D eigenvalue weighted by atomic mass is 15.1. The lowest BCUT2D eigenvalue weighted by Gasteiger charge is -2.09. The van der Waals surface area contributed by atoms with Crippen molar-refractivity contribution in [2.24, 2.45) is 15.0 Å². The average molecular weight is 999 g/mol. The lowest BCUT2D eigenvalue weighted by molar-refractivity contribution is 1.05. The van der Waals surface area contributed by atoms with Crippen LogP contribution in [-0.2, 0) is 12.8 Å². The standard InChI is InChI=1S/C19H14N2.C18H13N.C13H11N.C10H9N.C3H3N3.5CH4/c1-3-9-15(10-4-1)19-20-17-13-7-8-14-18(17)21(19)16-11-5-2-6-12-16;1-3-9-15-13(6-1)8-5-10-16(15)18-12-14-7-2-4-11-17(14)19-18;1-2-6-10(5-1)13-9-11-7-3-4-8-12(11)14-13;1-2-5-9(6-3-1)10-7-4-8-11-10;1-4-2-6-3-5-1;;;;;/h1-14H;1-11H,12H2;1-5,7-8H,6,9H2;1-6,8H,7H2;1-3H;5*1H4. The Bertz CT molecular complexity index is 3540. The first kappa shape index (κ1) is 57.6. The molecule has 0 saturated heterocycles. The maximum absolute atomic E-state index is 4.82. The topological polar surface area (TPSA) is 93.6 Å². The molecular formula is C68H70N8. The molecule has 8 heteroatoms. The third-order valence-corrected chi connectivity index (χ3v) is 12.2. The first-order chi connectivity index (χ1) is 35.2. The number of benzene rings is 8. The summed E-state index contributed by atoms with van der Waals surface area (Å²) >= 11 is 0. The van der Waals surface area contributed by atoms with E-state index in [1.165, 1.54) is 74.7 Å². The van der Waals surface area contributed by atoms with E-state index in [0.717, 1.165) is 65.2 Å². The summed E-state index contributed by atoms with van der Waals surface area (Å²) in [5.74, 6) is 0.975. The zero-order valence-corrected chi connectivity index (χ0v) is 39.2. The van der Waals surface area contributed by atoms with E-state index in [9.17, 15) is 0 Å². The molecule has 2 aromatic heterocycles. The maximum Gasteiger partial charge on any atom is 0.145 e. The molecule has 4 aliphatic rings. The van der Waals surface area contributed by atoms with Crippen LogP contribution in [0.15, 0.2) is 276 Å². The molecule has 0 radical (unpaired) electrons. The number of aromatic nitrogens is 5. The molecular weight excluding hydrogens is 929 g/mol. The quantitative estimate of drug-likeness (QED) is 0.172. The Labute approximate surface area is 451 Å². The fraction of sp³-hybridized carbons (Fsp3) is 0.132. The van der Waals surface area contributed by atoms with Gasteiger partial charge in [-0.2, -0.15) is 0 Å². The molecule has 0 fully saturated rings. The fourth-order valence-electron chi connectivity index (χ4n) is 8.78. The molecule has 8 aromatic carbocycles. The van der Waals surface area contributed by atoms with E-state index >= 15 is 0 Å². The fourth-order valence-corrected chi connectivity index (χ4v) is 8.78. The normalized spacial score (nSPS) is 12.5. The summed E-state index contributed by atoms with van der Waals surface area (Å²) < 4.78 is 2.21. The predicted octanol–water partition coefficient (Wildman–Crippen LogP) is 17.9. The number of para-hydroxylation sites is 5. The molecule has 0 amide bonds. The van der Waals surface area contributed by atoms with E-state index in [2.05, 4.69) is 199 Å². The van der Waals surface area contributed by atoms with E-state index in [4.69, 9.17) is 9.98 Å². The molecule has 3 aliphatic heterocycles. The van der Waals surface area contributed by atoms with Crippen molar-refractivity contribution in [2.75, 3.05) is 0 Å². The van der Waals surface area contributed by atoms with Crippen molar-refractivity contribution >= 4 is 50.3 Å². The van der Waals surface area contributed by atoms with Crippen molar-refractivity contribution in [3.63, 3.8) is 0 Å². The van der Waals surface area contributed by atoms with E-state index < -0.39 is 0 Å². The molecule has 0 atom stereocenters. The Hall–Kier alpha value is -9.27. The summed E-state index contributed by atoms with van der Waals surface area (Å²) in [5.41, 5.74) is 16.8. The highest BCUT2D eigenvalue weighted by Crippen LogP contribution is 2.32. The van der Waals surface area contributed by atoms with Crippen molar-refractivity contribution in [3.8, 4) is 17.1 Å². The van der Waals surface area contributed by atoms with Gasteiger partial charge in [0.15, 0.2) is 0 Å². The summed E-state index contributed by atoms with van der Waals surface area (Å²) in [6.07, 6.45) is 18.7. The van der Waals surface area contributed by atoms with Crippen LogP contribution in [-0.4, -0.2) is 41.6 Å². The molecule has 76 heavy (non-hydrogen) atoms. The number of hydrogen-bond acceptors (Lipinski definition) is 7. The van der Waals surface area contributed by atoms with Crippen LogP contribution in [0, 0.1) is 0 Å². The molecule has 382 valence electrons. The van der Waals surface area contributed by atoms with Gasteiger partial charge >= 0.3 is 0 Å². The number of aliphatic imine (C=N–C) groups is 3. The molecule has 14 rings (SSSR count). The number of rotatable bonds is 5. The van der Waals surface area contributed by atoms with Crippen LogP contribution in [0.5, 0.6) is 0 Å². The number of hydrogen-bond donors (Lipinski definition) is 0. The third kappa shape index (κ3) is 14.1. The highest BCUT2D eigenvalue weighted by Gasteiger charge is 2.19. The van der Waals surface area contributed by atoms with Gasteiger partial charge in [0.25, 0.3) is 0 Å². The summed E-state index contributed by atoms with van der Waals surface area (Å²) in [7, 11) is 0. The van der Waals surface area contributed by atoms with Crippen LogP contribution >= 0.6 is 0 Å².